The summed E-state index contributed by atoms with van der Waals surface area (Å²) in [5, 5.41) is 0. The van der Waals surface area contributed by atoms with Crippen LogP contribution in [0.2, 0.25) is 0 Å². The van der Waals surface area contributed by atoms with Crippen LogP contribution in [-0.2, 0) is 4.74 Å². The second kappa shape index (κ2) is 9.54. The predicted molar refractivity (Wildman–Crippen MR) is 87.2 cm³/mol. The molecule has 1 aliphatic carbocycles. The molecule has 0 unspecified atom stereocenters. The van der Waals surface area contributed by atoms with Crippen LogP contribution in [0.25, 0.3) is 0 Å². The molecule has 0 spiro atoms. The molecule has 0 aromatic rings. The van der Waals surface area contributed by atoms with Crippen LogP contribution in [0, 0.1) is 5.92 Å². The molecule has 0 amide bonds. The first kappa shape index (κ1) is 17.7. The van der Waals surface area contributed by atoms with Crippen LogP contribution in [0.15, 0.2) is 12.7 Å². The predicted octanol–water partition coefficient (Wildman–Crippen LogP) is 3.02. The first-order valence-corrected chi connectivity index (χ1v) is 8.16. The van der Waals surface area contributed by atoms with Gasteiger partial charge in [-0.05, 0) is 65.2 Å². The molecule has 2 fully saturated rings. The van der Waals surface area contributed by atoms with E-state index in [1.54, 1.807) is 6.08 Å². The first-order chi connectivity index (χ1) is 9.64. The number of methoxy groups -OCH3 is 1. The molecule has 0 atom stereocenters. The van der Waals surface area contributed by atoms with E-state index in [-0.39, 0.29) is 0 Å². The minimum atomic E-state index is 0.532. The Kier molecular flexibility index (Phi) is 8.43. The highest BCUT2D eigenvalue weighted by molar-refractivity contribution is 4.88. The van der Waals surface area contributed by atoms with Gasteiger partial charge in [0.15, 0.2) is 0 Å². The van der Waals surface area contributed by atoms with E-state index in [0.717, 1.165) is 12.0 Å². The number of nitrogens with zero attached hydrogens (tertiary/aromatic N) is 2. The zero-order valence-electron chi connectivity index (χ0n) is 14.0. The molecule has 0 bridgehead atoms. The Morgan fingerprint density at radius 2 is 1.85 bits per heavy atom. The molecule has 1 saturated carbocycles. The minimum absolute atomic E-state index is 0.532. The van der Waals surface area contributed by atoms with Crippen molar-refractivity contribution in [3.63, 3.8) is 0 Å². The summed E-state index contributed by atoms with van der Waals surface area (Å²) >= 11 is 0. The van der Waals surface area contributed by atoms with Crippen molar-refractivity contribution in [3.05, 3.63) is 12.7 Å². The van der Waals surface area contributed by atoms with E-state index in [0.29, 0.717) is 6.10 Å². The van der Waals surface area contributed by atoms with Gasteiger partial charge >= 0.3 is 0 Å². The highest BCUT2D eigenvalue weighted by atomic mass is 16.5. The largest absolute Gasteiger partial charge is 0.381 e. The lowest BCUT2D eigenvalue weighted by Gasteiger charge is -2.42. The van der Waals surface area contributed by atoms with E-state index in [1.807, 2.05) is 14.0 Å². The average Bonchev–Trinajstić information content (AvgIpc) is 2.39. The van der Waals surface area contributed by atoms with Gasteiger partial charge < -0.3 is 14.5 Å². The van der Waals surface area contributed by atoms with E-state index in [2.05, 4.69) is 30.4 Å². The molecule has 2 rings (SSSR count). The number of ether oxygens (including phenoxy) is 1. The standard InChI is InChI=1S/C14H28N2O.C3H6/c1-4-16-7-5-12(6-8-16)11-15(2)13-9-14(10-13)17-3;1-3-2/h12-14H,4-11H2,1-3H3;3H,1H2,2H3. The number of hydrogen-bond donors (Lipinski definition) is 0. The summed E-state index contributed by atoms with van der Waals surface area (Å²) in [6.07, 6.45) is 7.53. The second-order valence-electron chi connectivity index (χ2n) is 6.21. The maximum atomic E-state index is 5.35. The lowest BCUT2D eigenvalue weighted by Crippen LogP contribution is -2.48. The smallest absolute Gasteiger partial charge is 0.0601 e. The third-order valence-electron chi connectivity index (χ3n) is 4.73. The van der Waals surface area contributed by atoms with E-state index >= 15 is 0 Å². The van der Waals surface area contributed by atoms with Gasteiger partial charge in [-0.3, -0.25) is 0 Å². The van der Waals surface area contributed by atoms with Gasteiger partial charge in [0.2, 0.25) is 0 Å². The van der Waals surface area contributed by atoms with E-state index in [1.165, 1.54) is 51.9 Å². The van der Waals surface area contributed by atoms with Crippen LogP contribution in [0.1, 0.15) is 39.5 Å². The molecule has 20 heavy (non-hydrogen) atoms. The lowest BCUT2D eigenvalue weighted by atomic mass is 9.86. The number of rotatable bonds is 5. The normalized spacial score (nSPS) is 27.6. The molecule has 1 aliphatic heterocycles. The molecule has 1 saturated heterocycles. The average molecular weight is 282 g/mol. The summed E-state index contributed by atoms with van der Waals surface area (Å²) in [6, 6.07) is 0.782. The fraction of sp³-hybridized carbons (Fsp3) is 0.882. The number of piperidine rings is 1. The molecule has 1 heterocycles. The van der Waals surface area contributed by atoms with Crippen LogP contribution in [-0.4, -0.2) is 62.3 Å². The molecular weight excluding hydrogens is 248 g/mol. The van der Waals surface area contributed by atoms with Crippen LogP contribution in [0.4, 0.5) is 0 Å². The van der Waals surface area contributed by atoms with Gasteiger partial charge in [0.05, 0.1) is 6.10 Å². The van der Waals surface area contributed by atoms with Gasteiger partial charge in [-0.15, -0.1) is 6.58 Å². The summed E-state index contributed by atoms with van der Waals surface area (Å²) in [6.45, 7) is 12.6. The van der Waals surface area contributed by atoms with Crippen LogP contribution in [0.3, 0.4) is 0 Å². The highest BCUT2D eigenvalue weighted by Gasteiger charge is 2.33. The van der Waals surface area contributed by atoms with Crippen LogP contribution in [0.5, 0.6) is 0 Å². The van der Waals surface area contributed by atoms with E-state index < -0.39 is 0 Å². The van der Waals surface area contributed by atoms with Crippen LogP contribution >= 0.6 is 0 Å². The van der Waals surface area contributed by atoms with Crippen molar-refractivity contribution in [2.45, 2.75) is 51.7 Å². The van der Waals surface area contributed by atoms with Gasteiger partial charge in [0.25, 0.3) is 0 Å². The van der Waals surface area contributed by atoms with Gasteiger partial charge in [-0.25, -0.2) is 0 Å². The maximum absolute atomic E-state index is 5.35. The Bertz CT molecular complexity index is 256. The van der Waals surface area contributed by atoms with Crippen molar-refractivity contribution in [2.75, 3.05) is 40.3 Å². The molecule has 2 aliphatic rings. The quantitative estimate of drug-likeness (QED) is 0.721. The Hall–Kier alpha value is -0.380. The Morgan fingerprint density at radius 1 is 1.30 bits per heavy atom. The SMILES string of the molecule is C=CC.CCN1CCC(CN(C)C2CC(OC)C2)CC1. The van der Waals surface area contributed by atoms with Crippen LogP contribution < -0.4 is 0 Å². The van der Waals surface area contributed by atoms with Gasteiger partial charge in [0.1, 0.15) is 0 Å². The van der Waals surface area contributed by atoms with Crippen molar-refractivity contribution in [1.82, 2.24) is 9.80 Å². The Morgan fingerprint density at radius 3 is 2.30 bits per heavy atom. The number of likely N-dealkylation sites (tertiary alicyclic amines) is 1. The zero-order chi connectivity index (χ0) is 15.0. The number of allylic oxidation sites excluding steroid dienone is 1. The molecule has 3 heteroatoms. The van der Waals surface area contributed by atoms with Gasteiger partial charge in [0, 0.05) is 19.7 Å². The highest BCUT2D eigenvalue weighted by Crippen LogP contribution is 2.28. The summed E-state index contributed by atoms with van der Waals surface area (Å²) < 4.78 is 5.35. The molecule has 0 aromatic heterocycles. The summed E-state index contributed by atoms with van der Waals surface area (Å²) in [5.74, 6) is 0.921. The Labute approximate surface area is 126 Å². The van der Waals surface area contributed by atoms with E-state index in [4.69, 9.17) is 4.74 Å². The fourth-order valence-corrected chi connectivity index (χ4v) is 3.13. The molecular formula is C17H34N2O. The minimum Gasteiger partial charge on any atom is -0.381 e. The third kappa shape index (κ3) is 5.55. The lowest BCUT2D eigenvalue weighted by molar-refractivity contribution is -0.0253. The summed E-state index contributed by atoms with van der Waals surface area (Å²) in [4.78, 5) is 5.14. The Balaban J connectivity index is 0.000000612. The first-order valence-electron chi connectivity index (χ1n) is 8.16. The van der Waals surface area contributed by atoms with Crippen molar-refractivity contribution < 1.29 is 4.74 Å². The molecule has 0 radical (unpaired) electrons. The molecule has 0 N–H and O–H groups in total. The summed E-state index contributed by atoms with van der Waals surface area (Å²) in [7, 11) is 4.13. The molecule has 0 aromatic carbocycles. The molecule has 118 valence electrons. The van der Waals surface area contributed by atoms with E-state index in [9.17, 15) is 0 Å². The second-order valence-corrected chi connectivity index (χ2v) is 6.21. The molecule has 3 nitrogen and oxygen atoms in total. The van der Waals surface area contributed by atoms with Crippen molar-refractivity contribution in [3.8, 4) is 0 Å². The number of hydrogen-bond acceptors (Lipinski definition) is 3. The van der Waals surface area contributed by atoms with Gasteiger partial charge in [-0.2, -0.15) is 0 Å². The van der Waals surface area contributed by atoms with Crippen molar-refractivity contribution in [2.24, 2.45) is 5.92 Å². The third-order valence-corrected chi connectivity index (χ3v) is 4.73. The fourth-order valence-electron chi connectivity index (χ4n) is 3.13. The monoisotopic (exact) mass is 282 g/mol. The summed E-state index contributed by atoms with van der Waals surface area (Å²) in [5.41, 5.74) is 0. The van der Waals surface area contributed by atoms with Crippen molar-refractivity contribution >= 4 is 0 Å². The maximum Gasteiger partial charge on any atom is 0.0601 e. The van der Waals surface area contributed by atoms with Gasteiger partial charge in [-0.1, -0.05) is 13.0 Å². The topological polar surface area (TPSA) is 15.7 Å². The zero-order valence-corrected chi connectivity index (χ0v) is 14.0. The van der Waals surface area contributed by atoms with Crippen molar-refractivity contribution in [1.29, 1.82) is 0 Å².